The Balaban J connectivity index is 1.53. The predicted octanol–water partition coefficient (Wildman–Crippen LogP) is 1.97. The van der Waals surface area contributed by atoms with Crippen molar-refractivity contribution in [2.75, 3.05) is 26.0 Å². The van der Waals surface area contributed by atoms with Crippen LogP contribution in [0.4, 0.5) is 5.82 Å². The van der Waals surface area contributed by atoms with Crippen LogP contribution < -0.4 is 20.7 Å². The maximum atomic E-state index is 14.0. The Morgan fingerprint density at radius 3 is 2.60 bits per heavy atom. The smallest absolute Gasteiger partial charge is 0.459 e. The molecule has 1 saturated heterocycles. The van der Waals surface area contributed by atoms with Crippen LogP contribution in [0.25, 0.3) is 5.52 Å². The highest BCUT2D eigenvalue weighted by Crippen LogP contribution is 2.47. The Labute approximate surface area is 244 Å². The van der Waals surface area contributed by atoms with Gasteiger partial charge >= 0.3 is 13.7 Å². The first-order chi connectivity index (χ1) is 20.1. The molecule has 3 heterocycles. The number of carbonyl (C=O) groups excluding carboxylic acids is 1. The van der Waals surface area contributed by atoms with E-state index in [1.807, 2.05) is 13.8 Å². The summed E-state index contributed by atoms with van der Waals surface area (Å²) in [6.07, 6.45) is -1.18. The Hall–Kier alpha value is -3.10. The number of aromatic nitrogens is 3. The van der Waals surface area contributed by atoms with Gasteiger partial charge in [-0.2, -0.15) is 10.2 Å². The summed E-state index contributed by atoms with van der Waals surface area (Å²) in [5, 5.41) is 31.9. The van der Waals surface area contributed by atoms with Crippen molar-refractivity contribution in [2.45, 2.75) is 63.7 Å². The minimum Gasteiger partial charge on any atom is -0.464 e. The molecule has 1 aromatic carbocycles. The molecule has 1 unspecified atom stereocenters. The van der Waals surface area contributed by atoms with Crippen molar-refractivity contribution < 1.29 is 38.1 Å². The van der Waals surface area contributed by atoms with Gasteiger partial charge in [-0.05, 0) is 44.2 Å². The number of anilines is 1. The molecule has 1 aliphatic heterocycles. The Kier molecular flexibility index (Phi) is 10.2. The number of nitrogen functional groups attached to an aromatic ring is 1. The van der Waals surface area contributed by atoms with E-state index in [1.165, 1.54) is 17.8 Å². The summed E-state index contributed by atoms with van der Waals surface area (Å²) in [7, 11) is -2.71. The molecule has 0 radical (unpaired) electrons. The van der Waals surface area contributed by atoms with Gasteiger partial charge in [-0.1, -0.05) is 44.9 Å². The second-order valence-electron chi connectivity index (χ2n) is 10.1. The molecule has 230 valence electrons. The second-order valence-corrected chi connectivity index (χ2v) is 11.8. The van der Waals surface area contributed by atoms with Crippen molar-refractivity contribution in [2.24, 2.45) is 5.92 Å². The lowest BCUT2D eigenvalue weighted by Gasteiger charge is -2.31. The minimum atomic E-state index is -4.25. The van der Waals surface area contributed by atoms with Crippen LogP contribution in [-0.2, 0) is 29.1 Å². The monoisotopic (exact) mass is 606 g/mol. The van der Waals surface area contributed by atoms with Gasteiger partial charge in [0.2, 0.25) is 0 Å². The van der Waals surface area contributed by atoms with E-state index in [4.69, 9.17) is 24.3 Å². The largest absolute Gasteiger partial charge is 0.464 e. The van der Waals surface area contributed by atoms with Gasteiger partial charge < -0.3 is 29.9 Å². The SMILES string of the molecule is CCC(CC)COC(=O)[C@H](C)NP(=O)(OC[C@H]1O[C@@](NC)(c2ccc3c(N)ncnn23)[C@H](O)[C@@H]1O)Oc1ccccc1. The number of rotatable bonds is 14. The molecule has 1 aliphatic rings. The summed E-state index contributed by atoms with van der Waals surface area (Å²) < 4.78 is 38.4. The number of ether oxygens (including phenoxy) is 2. The Bertz CT molecular complexity index is 1390. The van der Waals surface area contributed by atoms with Crippen LogP contribution in [0.15, 0.2) is 48.8 Å². The molecule has 2 aromatic heterocycles. The third-order valence-electron chi connectivity index (χ3n) is 7.39. The lowest BCUT2D eigenvalue weighted by atomic mass is 10.00. The van der Waals surface area contributed by atoms with E-state index < -0.39 is 50.4 Å². The van der Waals surface area contributed by atoms with Gasteiger partial charge in [0.25, 0.3) is 0 Å². The van der Waals surface area contributed by atoms with Crippen LogP contribution in [-0.4, -0.2) is 75.4 Å². The number of likely N-dealkylation sites (N-methyl/N-ethyl adjacent to an activating group) is 1. The number of hydrogen-bond acceptors (Lipinski definition) is 12. The number of fused-ring (bicyclic) bond motifs is 1. The van der Waals surface area contributed by atoms with Crippen molar-refractivity contribution in [3.63, 3.8) is 0 Å². The van der Waals surface area contributed by atoms with Gasteiger partial charge in [0.1, 0.15) is 41.9 Å². The first-order valence-electron chi connectivity index (χ1n) is 13.8. The van der Waals surface area contributed by atoms with Gasteiger partial charge in [-0.25, -0.2) is 14.1 Å². The number of nitrogens with two attached hydrogens (primary N) is 1. The highest BCUT2D eigenvalue weighted by Gasteiger charge is 2.56. The highest BCUT2D eigenvalue weighted by atomic mass is 31.2. The van der Waals surface area contributed by atoms with Crippen molar-refractivity contribution >= 4 is 25.1 Å². The Morgan fingerprint density at radius 2 is 1.93 bits per heavy atom. The van der Waals surface area contributed by atoms with Gasteiger partial charge in [0, 0.05) is 0 Å². The number of carbonyl (C=O) groups is 1. The summed E-state index contributed by atoms with van der Waals surface area (Å²) in [6.45, 7) is 5.28. The fourth-order valence-electron chi connectivity index (χ4n) is 4.76. The molecule has 4 rings (SSSR count). The highest BCUT2D eigenvalue weighted by molar-refractivity contribution is 7.52. The van der Waals surface area contributed by atoms with Crippen molar-refractivity contribution in [1.82, 2.24) is 25.0 Å². The molecule has 3 aromatic rings. The van der Waals surface area contributed by atoms with Gasteiger partial charge in [0.05, 0.1) is 18.9 Å². The Morgan fingerprint density at radius 1 is 1.21 bits per heavy atom. The average molecular weight is 607 g/mol. The number of aliphatic hydroxyl groups is 2. The molecule has 0 saturated carbocycles. The molecule has 42 heavy (non-hydrogen) atoms. The van der Waals surface area contributed by atoms with Crippen LogP contribution in [0.5, 0.6) is 5.75 Å². The first-order valence-corrected chi connectivity index (χ1v) is 15.4. The third kappa shape index (κ3) is 6.60. The molecule has 0 aliphatic carbocycles. The van der Waals surface area contributed by atoms with Crippen LogP contribution >= 0.6 is 7.75 Å². The van der Waals surface area contributed by atoms with Crippen LogP contribution in [0, 0.1) is 5.92 Å². The maximum Gasteiger partial charge on any atom is 0.459 e. The number of hydrogen-bond donors (Lipinski definition) is 5. The van der Waals surface area contributed by atoms with Crippen LogP contribution in [0.1, 0.15) is 39.3 Å². The number of nitrogens with zero attached hydrogens (tertiary/aromatic N) is 3. The molecule has 6 atom stereocenters. The molecular weight excluding hydrogens is 567 g/mol. The number of para-hydroxylation sites is 1. The van der Waals surface area contributed by atoms with Gasteiger partial charge in [-0.15, -0.1) is 0 Å². The fraction of sp³-hybridized carbons (Fsp3) is 0.519. The summed E-state index contributed by atoms with van der Waals surface area (Å²) in [5.41, 5.74) is 5.15. The van der Waals surface area contributed by atoms with E-state index >= 15 is 0 Å². The molecule has 14 nitrogen and oxygen atoms in total. The lowest BCUT2D eigenvalue weighted by molar-refractivity contribution is -0.146. The zero-order chi connectivity index (χ0) is 30.5. The third-order valence-corrected chi connectivity index (χ3v) is 9.03. The summed E-state index contributed by atoms with van der Waals surface area (Å²) in [5.74, 6) is 0.0317. The standard InChI is InChI=1S/C27H39N6O8P/c1-5-18(6-2)14-38-26(36)17(3)32-42(37,41-19-10-8-7-9-11-19)39-15-21-23(34)24(35)27(29-4,40-21)22-13-12-20-25(28)30-16-31-33(20)22/h7-13,16-18,21,23-24,29,34-35H,5-6,14-15H2,1-4H3,(H,32,37)(H2,28,30,31)/t17-,21+,23+,24+,27-,42?/m0/s1. The number of benzene rings is 1. The number of esters is 1. The van der Waals surface area contributed by atoms with Crippen LogP contribution in [0.2, 0.25) is 0 Å². The molecule has 0 bridgehead atoms. The molecule has 6 N–H and O–H groups in total. The van der Waals surface area contributed by atoms with E-state index in [1.54, 1.807) is 49.5 Å². The van der Waals surface area contributed by atoms with Crippen LogP contribution in [0.3, 0.4) is 0 Å². The zero-order valence-electron chi connectivity index (χ0n) is 24.0. The van der Waals surface area contributed by atoms with E-state index in [2.05, 4.69) is 20.5 Å². The predicted molar refractivity (Wildman–Crippen MR) is 153 cm³/mol. The molecule has 1 fully saturated rings. The number of nitrogens with one attached hydrogen (secondary N) is 2. The fourth-order valence-corrected chi connectivity index (χ4v) is 6.26. The van der Waals surface area contributed by atoms with Crippen molar-refractivity contribution in [1.29, 1.82) is 0 Å². The minimum absolute atomic E-state index is 0.213. The van der Waals surface area contributed by atoms with Gasteiger partial charge in [0.15, 0.2) is 11.5 Å². The van der Waals surface area contributed by atoms with E-state index in [-0.39, 0.29) is 24.1 Å². The average Bonchev–Trinajstić information content (AvgIpc) is 3.53. The summed E-state index contributed by atoms with van der Waals surface area (Å²) in [4.78, 5) is 16.7. The van der Waals surface area contributed by atoms with E-state index in [0.29, 0.717) is 11.2 Å². The normalized spacial score (nSPS) is 24.5. The number of aliphatic hydroxyl groups excluding tert-OH is 2. The topological polar surface area (TPSA) is 192 Å². The first kappa shape index (κ1) is 31.8. The summed E-state index contributed by atoms with van der Waals surface area (Å²) in [6, 6.07) is 10.5. The van der Waals surface area contributed by atoms with Gasteiger partial charge in [-0.3, -0.25) is 14.6 Å². The van der Waals surface area contributed by atoms with E-state index in [0.717, 1.165) is 12.8 Å². The molecule has 15 heteroatoms. The van der Waals surface area contributed by atoms with E-state index in [9.17, 15) is 19.6 Å². The van der Waals surface area contributed by atoms with Crippen molar-refractivity contribution in [3.05, 3.63) is 54.5 Å². The second kappa shape index (κ2) is 13.5. The lowest BCUT2D eigenvalue weighted by Crippen LogP contribution is -2.51. The molecule has 0 spiro atoms. The maximum absolute atomic E-state index is 14.0. The molecule has 0 amide bonds. The summed E-state index contributed by atoms with van der Waals surface area (Å²) >= 11 is 0. The quantitative estimate of drug-likeness (QED) is 0.132. The van der Waals surface area contributed by atoms with Crippen molar-refractivity contribution in [3.8, 4) is 5.75 Å². The zero-order valence-corrected chi connectivity index (χ0v) is 24.9. The molecular formula is C27H39N6O8P.